The topological polar surface area (TPSA) is 51.2 Å². The fraction of sp³-hybridized carbons (Fsp3) is 0.0435. The van der Waals surface area contributed by atoms with Crippen molar-refractivity contribution < 1.29 is 9.53 Å². The number of fused-ring (bicyclic) bond motifs is 1. The van der Waals surface area contributed by atoms with Crippen LogP contribution in [-0.4, -0.2) is 10.9 Å². The van der Waals surface area contributed by atoms with Crippen LogP contribution < -0.4 is 10.1 Å². The maximum absolute atomic E-state index is 12.9. The van der Waals surface area contributed by atoms with E-state index >= 15 is 0 Å². The molecule has 4 nitrogen and oxygen atoms in total. The van der Waals surface area contributed by atoms with Crippen molar-refractivity contribution in [3.05, 3.63) is 96.2 Å². The Morgan fingerprint density at radius 2 is 1.63 bits per heavy atom. The molecule has 4 heteroatoms. The molecule has 4 aromatic rings. The molecule has 0 aliphatic heterocycles. The number of nitrogens with zero attached hydrogens (tertiary/aromatic N) is 1. The highest BCUT2D eigenvalue weighted by Gasteiger charge is 2.14. The first-order valence-electron chi connectivity index (χ1n) is 8.70. The number of benzene rings is 3. The van der Waals surface area contributed by atoms with E-state index in [1.165, 1.54) is 0 Å². The summed E-state index contributed by atoms with van der Waals surface area (Å²) in [7, 11) is 0. The number of carbonyl (C=O) groups excluding carboxylic acids is 1. The van der Waals surface area contributed by atoms with E-state index in [1.54, 1.807) is 12.1 Å². The lowest BCUT2D eigenvalue weighted by Gasteiger charge is -2.12. The number of hydrogen-bond acceptors (Lipinski definition) is 3. The van der Waals surface area contributed by atoms with Crippen LogP contribution in [0.3, 0.4) is 0 Å². The summed E-state index contributed by atoms with van der Waals surface area (Å²) in [4.78, 5) is 17.4. The van der Waals surface area contributed by atoms with Gasteiger partial charge < -0.3 is 10.1 Å². The highest BCUT2D eigenvalue weighted by Crippen LogP contribution is 2.27. The van der Waals surface area contributed by atoms with Crippen molar-refractivity contribution in [3.63, 3.8) is 0 Å². The minimum atomic E-state index is -0.227. The molecule has 0 saturated heterocycles. The molecule has 0 atom stereocenters. The molecule has 1 heterocycles. The number of carbonyl (C=O) groups is 1. The van der Waals surface area contributed by atoms with Crippen molar-refractivity contribution in [1.82, 2.24) is 4.98 Å². The van der Waals surface area contributed by atoms with Crippen LogP contribution in [0.5, 0.6) is 11.5 Å². The van der Waals surface area contributed by atoms with Gasteiger partial charge in [-0.1, -0.05) is 36.4 Å². The predicted octanol–water partition coefficient (Wildman–Crippen LogP) is 5.59. The molecular formula is C23H18N2O2. The summed E-state index contributed by atoms with van der Waals surface area (Å²) in [6.45, 7) is 1.95. The second-order valence-corrected chi connectivity index (χ2v) is 6.19. The molecule has 0 unspecified atom stereocenters. The van der Waals surface area contributed by atoms with Crippen LogP contribution in [0.25, 0.3) is 10.9 Å². The minimum Gasteiger partial charge on any atom is -0.457 e. The first kappa shape index (κ1) is 16.8. The second kappa shape index (κ2) is 7.30. The van der Waals surface area contributed by atoms with Crippen LogP contribution in [0.4, 0.5) is 5.69 Å². The number of rotatable bonds is 4. The number of nitrogens with one attached hydrogen (secondary N) is 1. The van der Waals surface area contributed by atoms with Crippen LogP contribution in [0, 0.1) is 6.92 Å². The van der Waals surface area contributed by atoms with E-state index in [2.05, 4.69) is 10.3 Å². The Morgan fingerprint density at radius 1 is 0.852 bits per heavy atom. The molecule has 0 fully saturated rings. The van der Waals surface area contributed by atoms with Gasteiger partial charge in [0.2, 0.25) is 0 Å². The minimum absolute atomic E-state index is 0.227. The molecule has 132 valence electrons. The van der Waals surface area contributed by atoms with E-state index in [1.807, 2.05) is 79.7 Å². The molecule has 27 heavy (non-hydrogen) atoms. The Labute approximate surface area is 157 Å². The Morgan fingerprint density at radius 3 is 2.48 bits per heavy atom. The largest absolute Gasteiger partial charge is 0.457 e. The highest BCUT2D eigenvalue weighted by molar-refractivity contribution is 6.10. The molecule has 0 saturated carbocycles. The van der Waals surface area contributed by atoms with Gasteiger partial charge in [-0.25, -0.2) is 0 Å². The third-order valence-electron chi connectivity index (χ3n) is 4.22. The number of hydrogen-bond donors (Lipinski definition) is 1. The van der Waals surface area contributed by atoms with Crippen molar-refractivity contribution >= 4 is 22.5 Å². The molecule has 1 N–H and O–H groups in total. The summed E-state index contributed by atoms with van der Waals surface area (Å²) in [6, 6.07) is 26.2. The second-order valence-electron chi connectivity index (χ2n) is 6.19. The van der Waals surface area contributed by atoms with E-state index in [4.69, 9.17) is 4.74 Å². The molecule has 4 rings (SSSR count). The predicted molar refractivity (Wildman–Crippen MR) is 107 cm³/mol. The zero-order valence-corrected chi connectivity index (χ0v) is 14.8. The van der Waals surface area contributed by atoms with Gasteiger partial charge in [-0.2, -0.15) is 0 Å². The van der Waals surface area contributed by atoms with Gasteiger partial charge in [0, 0.05) is 11.1 Å². The zero-order valence-electron chi connectivity index (χ0n) is 14.8. The fourth-order valence-electron chi connectivity index (χ4n) is 2.91. The van der Waals surface area contributed by atoms with E-state index < -0.39 is 0 Å². The summed E-state index contributed by atoms with van der Waals surface area (Å²) < 4.78 is 5.90. The van der Waals surface area contributed by atoms with Crippen LogP contribution in [-0.2, 0) is 0 Å². The van der Waals surface area contributed by atoms with Crippen LogP contribution >= 0.6 is 0 Å². The molecule has 0 radical (unpaired) electrons. The van der Waals surface area contributed by atoms with Gasteiger partial charge in [-0.15, -0.1) is 0 Å². The fourth-order valence-corrected chi connectivity index (χ4v) is 2.91. The van der Waals surface area contributed by atoms with Gasteiger partial charge in [-0.3, -0.25) is 9.78 Å². The standard InChI is InChI=1S/C23H18N2O2/c1-16-14-15-18-20(24-16)11-7-12-21(18)25-23(26)19-10-5-6-13-22(19)27-17-8-3-2-4-9-17/h2-15H,1H3,(H,25,26). The number of aryl methyl sites for hydroxylation is 1. The lowest BCUT2D eigenvalue weighted by molar-refractivity contribution is 0.102. The molecule has 1 amide bonds. The van der Waals surface area contributed by atoms with Crippen molar-refractivity contribution in [2.75, 3.05) is 5.32 Å². The lowest BCUT2D eigenvalue weighted by atomic mass is 10.1. The number of aromatic nitrogens is 1. The third-order valence-corrected chi connectivity index (χ3v) is 4.22. The SMILES string of the molecule is Cc1ccc2c(NC(=O)c3ccccc3Oc3ccccc3)cccc2n1. The number of amides is 1. The highest BCUT2D eigenvalue weighted by atomic mass is 16.5. The van der Waals surface area contributed by atoms with Gasteiger partial charge >= 0.3 is 0 Å². The average molecular weight is 354 g/mol. The first-order valence-corrected chi connectivity index (χ1v) is 8.70. The first-order chi connectivity index (χ1) is 13.2. The third kappa shape index (κ3) is 3.65. The summed E-state index contributed by atoms with van der Waals surface area (Å²) >= 11 is 0. The van der Waals surface area contributed by atoms with Crippen LogP contribution in [0.2, 0.25) is 0 Å². The molecule has 0 bridgehead atoms. The number of para-hydroxylation sites is 2. The summed E-state index contributed by atoms with van der Waals surface area (Å²) in [6.07, 6.45) is 0. The molecule has 0 aliphatic carbocycles. The Hall–Kier alpha value is -3.66. The van der Waals surface area contributed by atoms with E-state index in [0.717, 1.165) is 22.3 Å². The maximum atomic E-state index is 12.9. The van der Waals surface area contributed by atoms with E-state index in [-0.39, 0.29) is 5.91 Å². The Balaban J connectivity index is 1.65. The van der Waals surface area contributed by atoms with Crippen molar-refractivity contribution in [1.29, 1.82) is 0 Å². The average Bonchev–Trinajstić information content (AvgIpc) is 2.69. The maximum Gasteiger partial charge on any atom is 0.259 e. The smallest absolute Gasteiger partial charge is 0.259 e. The van der Waals surface area contributed by atoms with Gasteiger partial charge in [0.1, 0.15) is 11.5 Å². The summed E-state index contributed by atoms with van der Waals surface area (Å²) in [5, 5.41) is 3.89. The molecular weight excluding hydrogens is 336 g/mol. The van der Waals surface area contributed by atoms with Gasteiger partial charge in [0.15, 0.2) is 0 Å². The number of ether oxygens (including phenoxy) is 1. The quantitative estimate of drug-likeness (QED) is 0.520. The Bertz CT molecular complexity index is 1110. The van der Waals surface area contributed by atoms with Crippen molar-refractivity contribution in [3.8, 4) is 11.5 Å². The van der Waals surface area contributed by atoms with Crippen molar-refractivity contribution in [2.24, 2.45) is 0 Å². The van der Waals surface area contributed by atoms with Gasteiger partial charge in [0.25, 0.3) is 5.91 Å². The Kier molecular flexibility index (Phi) is 4.54. The van der Waals surface area contributed by atoms with E-state index in [9.17, 15) is 4.79 Å². The summed E-state index contributed by atoms with van der Waals surface area (Å²) in [5.41, 5.74) is 2.98. The molecule has 0 aliphatic rings. The normalized spacial score (nSPS) is 10.6. The van der Waals surface area contributed by atoms with Crippen LogP contribution in [0.1, 0.15) is 16.1 Å². The van der Waals surface area contributed by atoms with Crippen LogP contribution in [0.15, 0.2) is 84.9 Å². The number of anilines is 1. The summed E-state index contributed by atoms with van der Waals surface area (Å²) in [5.74, 6) is 0.965. The lowest BCUT2D eigenvalue weighted by Crippen LogP contribution is -2.13. The molecule has 3 aromatic carbocycles. The molecule has 1 aromatic heterocycles. The van der Waals surface area contributed by atoms with Crippen molar-refractivity contribution in [2.45, 2.75) is 6.92 Å². The van der Waals surface area contributed by atoms with Gasteiger partial charge in [0.05, 0.1) is 16.8 Å². The molecule has 0 spiro atoms. The van der Waals surface area contributed by atoms with Gasteiger partial charge in [-0.05, 0) is 55.5 Å². The monoisotopic (exact) mass is 354 g/mol. The van der Waals surface area contributed by atoms with E-state index in [0.29, 0.717) is 17.1 Å². The zero-order chi connectivity index (χ0) is 18.6. The number of pyridine rings is 1.